The van der Waals surface area contributed by atoms with E-state index in [1.807, 2.05) is 6.07 Å². The molecule has 3 N–H and O–H groups in total. The number of aromatic amines is 1. The number of H-pyrrole nitrogens is 1. The summed E-state index contributed by atoms with van der Waals surface area (Å²) in [6, 6.07) is 14.1. The topological polar surface area (TPSA) is 113 Å². The van der Waals surface area contributed by atoms with Crippen LogP contribution in [0.2, 0.25) is 0 Å². The Kier molecular flexibility index (Phi) is 3.75. The van der Waals surface area contributed by atoms with Crippen molar-refractivity contribution < 1.29 is 14.6 Å². The number of nitrogens with one attached hydrogen (secondary N) is 2. The first-order valence-electron chi connectivity index (χ1n) is 7.70. The molecule has 0 atom stereocenters. The number of ether oxygens (including phenoxy) is 1. The van der Waals surface area contributed by atoms with Gasteiger partial charge < -0.3 is 15.2 Å². The molecule has 2 aromatic carbocycles. The van der Waals surface area contributed by atoms with Crippen molar-refractivity contribution in [3.8, 4) is 11.4 Å². The van der Waals surface area contributed by atoms with E-state index in [9.17, 15) is 9.90 Å². The minimum Gasteiger partial charge on any atom is -0.380 e. The monoisotopic (exact) mass is 337 g/mol. The molecule has 1 aromatic heterocycles. The molecule has 126 valence electrons. The maximum Gasteiger partial charge on any atom is 0.255 e. The predicted octanol–water partition coefficient (Wildman–Crippen LogP) is 1.34. The van der Waals surface area contributed by atoms with Crippen LogP contribution in [0.1, 0.15) is 15.9 Å². The number of carbonyl (C=O) groups excluding carboxylic acids is 1. The Hall–Kier alpha value is -3.10. The Morgan fingerprint density at radius 1 is 1.20 bits per heavy atom. The van der Waals surface area contributed by atoms with Crippen LogP contribution in [0.15, 0.2) is 48.5 Å². The van der Waals surface area contributed by atoms with E-state index in [0.717, 1.165) is 5.56 Å². The molecular formula is C17H15N5O3. The SMILES string of the molecule is O=C(Nc1cccc(-c2nn[nH]n2)c1)c1cccc(C2(O)COC2)c1. The van der Waals surface area contributed by atoms with Crippen molar-refractivity contribution in [2.75, 3.05) is 18.5 Å². The third-order valence-electron chi connectivity index (χ3n) is 4.07. The fourth-order valence-electron chi connectivity index (χ4n) is 2.64. The van der Waals surface area contributed by atoms with Gasteiger partial charge >= 0.3 is 0 Å². The Morgan fingerprint density at radius 2 is 2.04 bits per heavy atom. The summed E-state index contributed by atoms with van der Waals surface area (Å²) in [4.78, 5) is 12.5. The smallest absolute Gasteiger partial charge is 0.255 e. The lowest BCUT2D eigenvalue weighted by molar-refractivity contribution is -0.184. The molecule has 0 spiro atoms. The van der Waals surface area contributed by atoms with Crippen LogP contribution in [-0.4, -0.2) is 44.9 Å². The van der Waals surface area contributed by atoms with Crippen LogP contribution < -0.4 is 5.32 Å². The third kappa shape index (κ3) is 3.00. The van der Waals surface area contributed by atoms with Crippen molar-refractivity contribution in [2.24, 2.45) is 0 Å². The van der Waals surface area contributed by atoms with Crippen molar-refractivity contribution >= 4 is 11.6 Å². The second kappa shape index (κ2) is 6.08. The first-order valence-corrected chi connectivity index (χ1v) is 7.70. The maximum absolute atomic E-state index is 12.5. The fraction of sp³-hybridized carbons (Fsp3) is 0.176. The van der Waals surface area contributed by atoms with Crippen LogP contribution in [0.25, 0.3) is 11.4 Å². The number of hydrogen-bond donors (Lipinski definition) is 3. The van der Waals surface area contributed by atoms with Crippen LogP contribution >= 0.6 is 0 Å². The number of tetrazole rings is 1. The normalized spacial score (nSPS) is 15.4. The van der Waals surface area contributed by atoms with E-state index in [-0.39, 0.29) is 19.1 Å². The van der Waals surface area contributed by atoms with Crippen molar-refractivity contribution in [3.05, 3.63) is 59.7 Å². The van der Waals surface area contributed by atoms with E-state index in [4.69, 9.17) is 4.74 Å². The molecule has 0 aliphatic carbocycles. The van der Waals surface area contributed by atoms with Gasteiger partial charge in [-0.05, 0) is 35.0 Å². The number of carbonyl (C=O) groups is 1. The Bertz CT molecular complexity index is 906. The van der Waals surface area contributed by atoms with Crippen molar-refractivity contribution in [1.29, 1.82) is 0 Å². The van der Waals surface area contributed by atoms with Gasteiger partial charge in [-0.3, -0.25) is 4.79 Å². The Balaban J connectivity index is 1.54. The van der Waals surface area contributed by atoms with Gasteiger partial charge in [0.1, 0.15) is 5.60 Å². The molecule has 25 heavy (non-hydrogen) atoms. The summed E-state index contributed by atoms with van der Waals surface area (Å²) < 4.78 is 5.07. The zero-order valence-corrected chi connectivity index (χ0v) is 13.1. The average Bonchev–Trinajstić information content (AvgIpc) is 3.15. The van der Waals surface area contributed by atoms with Gasteiger partial charge in [0.05, 0.1) is 13.2 Å². The molecule has 4 rings (SSSR count). The predicted molar refractivity (Wildman–Crippen MR) is 88.7 cm³/mol. The van der Waals surface area contributed by atoms with Gasteiger partial charge in [-0.2, -0.15) is 5.21 Å². The summed E-state index contributed by atoms with van der Waals surface area (Å²) in [5, 5.41) is 26.9. The number of hydrogen-bond acceptors (Lipinski definition) is 6. The number of nitrogens with zero attached hydrogens (tertiary/aromatic N) is 3. The van der Waals surface area contributed by atoms with E-state index >= 15 is 0 Å². The largest absolute Gasteiger partial charge is 0.380 e. The summed E-state index contributed by atoms with van der Waals surface area (Å²) in [5.74, 6) is 0.182. The highest BCUT2D eigenvalue weighted by Crippen LogP contribution is 2.29. The second-order valence-electron chi connectivity index (χ2n) is 5.88. The molecule has 1 fully saturated rings. The quantitative estimate of drug-likeness (QED) is 0.662. The van der Waals surface area contributed by atoms with Crippen LogP contribution in [0.4, 0.5) is 5.69 Å². The van der Waals surface area contributed by atoms with E-state index in [1.165, 1.54) is 0 Å². The van der Waals surface area contributed by atoms with Crippen molar-refractivity contribution in [3.63, 3.8) is 0 Å². The highest BCUT2D eigenvalue weighted by Gasteiger charge is 2.38. The third-order valence-corrected chi connectivity index (χ3v) is 4.07. The number of aromatic nitrogens is 4. The Morgan fingerprint density at radius 3 is 2.76 bits per heavy atom. The van der Waals surface area contributed by atoms with Crippen LogP contribution in [-0.2, 0) is 10.3 Å². The van der Waals surface area contributed by atoms with Gasteiger partial charge in [0.2, 0.25) is 5.82 Å². The lowest BCUT2D eigenvalue weighted by atomic mass is 9.91. The molecule has 1 aliphatic heterocycles. The zero-order valence-electron chi connectivity index (χ0n) is 13.1. The van der Waals surface area contributed by atoms with Gasteiger partial charge in [-0.15, -0.1) is 10.2 Å². The molecule has 3 aromatic rings. The number of benzene rings is 2. The highest BCUT2D eigenvalue weighted by molar-refractivity contribution is 6.04. The number of rotatable bonds is 4. The molecule has 0 bridgehead atoms. The molecular weight excluding hydrogens is 322 g/mol. The van der Waals surface area contributed by atoms with Gasteiger partial charge in [-0.1, -0.05) is 24.3 Å². The number of anilines is 1. The van der Waals surface area contributed by atoms with E-state index in [0.29, 0.717) is 22.6 Å². The highest BCUT2D eigenvalue weighted by atomic mass is 16.5. The molecule has 0 radical (unpaired) electrons. The molecule has 0 unspecified atom stereocenters. The summed E-state index contributed by atoms with van der Waals surface area (Å²) in [5.41, 5.74) is 1.48. The van der Waals surface area contributed by atoms with Crippen molar-refractivity contribution in [2.45, 2.75) is 5.60 Å². The molecule has 1 saturated heterocycles. The van der Waals surface area contributed by atoms with Crippen molar-refractivity contribution in [1.82, 2.24) is 20.6 Å². The maximum atomic E-state index is 12.5. The first-order chi connectivity index (χ1) is 12.1. The summed E-state index contributed by atoms with van der Waals surface area (Å²) >= 11 is 0. The average molecular weight is 337 g/mol. The lowest BCUT2D eigenvalue weighted by Gasteiger charge is -2.36. The Labute approximate surface area is 142 Å². The molecule has 8 nitrogen and oxygen atoms in total. The lowest BCUT2D eigenvalue weighted by Crippen LogP contribution is -2.46. The van der Waals surface area contributed by atoms with E-state index in [2.05, 4.69) is 25.9 Å². The molecule has 1 amide bonds. The number of amides is 1. The molecule has 1 aliphatic rings. The van der Waals surface area contributed by atoms with Crippen LogP contribution in [0, 0.1) is 0 Å². The van der Waals surface area contributed by atoms with E-state index < -0.39 is 5.60 Å². The van der Waals surface area contributed by atoms with E-state index in [1.54, 1.807) is 42.5 Å². The van der Waals surface area contributed by atoms with Crippen LogP contribution in [0.3, 0.4) is 0 Å². The van der Waals surface area contributed by atoms with Gasteiger partial charge in [0.25, 0.3) is 5.91 Å². The minimum absolute atomic E-state index is 0.241. The summed E-state index contributed by atoms with van der Waals surface area (Å²) in [6.07, 6.45) is 0. The standard InChI is InChI=1S/C17H15N5O3/c23-16(12-4-1-5-13(7-12)17(24)9-25-10-17)18-14-6-2-3-11(8-14)15-19-21-22-20-15/h1-8,24H,9-10H2,(H,18,23)(H,19,20,21,22). The number of aliphatic hydroxyl groups is 1. The summed E-state index contributed by atoms with van der Waals surface area (Å²) in [6.45, 7) is 0.482. The zero-order chi connectivity index (χ0) is 17.3. The fourth-order valence-corrected chi connectivity index (χ4v) is 2.64. The molecule has 8 heteroatoms. The van der Waals surface area contributed by atoms with Gasteiger partial charge in [-0.25, -0.2) is 0 Å². The van der Waals surface area contributed by atoms with Crippen LogP contribution in [0.5, 0.6) is 0 Å². The second-order valence-corrected chi connectivity index (χ2v) is 5.88. The minimum atomic E-state index is -1.01. The molecule has 2 heterocycles. The molecule has 0 saturated carbocycles. The van der Waals surface area contributed by atoms with Gasteiger partial charge in [0.15, 0.2) is 0 Å². The first kappa shape index (κ1) is 15.4. The van der Waals surface area contributed by atoms with Gasteiger partial charge in [0, 0.05) is 16.8 Å². The summed E-state index contributed by atoms with van der Waals surface area (Å²) in [7, 11) is 0.